The summed E-state index contributed by atoms with van der Waals surface area (Å²) in [4.78, 5) is 0. The Balaban J connectivity index is 3.83. The van der Waals surface area contributed by atoms with Gasteiger partial charge in [-0.1, -0.05) is 0 Å². The second kappa shape index (κ2) is 3.22. The van der Waals surface area contributed by atoms with E-state index in [0.717, 1.165) is 0 Å². The van der Waals surface area contributed by atoms with Crippen LogP contribution in [0.4, 0.5) is 0 Å². The highest BCUT2D eigenvalue weighted by Crippen LogP contribution is 1.86. The molecule has 6 nitrogen and oxygen atoms in total. The Morgan fingerprint density at radius 3 is 1.38 bits per heavy atom. The van der Waals surface area contributed by atoms with E-state index in [1.165, 1.54) is 0 Å². The van der Waals surface area contributed by atoms with E-state index in [0.29, 0.717) is 0 Å². The van der Waals surface area contributed by atoms with Gasteiger partial charge in [-0.15, -0.1) is 0 Å². The summed E-state index contributed by atoms with van der Waals surface area (Å²) in [6.07, 6.45) is 0. The van der Waals surface area contributed by atoms with Gasteiger partial charge < -0.3 is 0 Å². The first kappa shape index (κ1) is 8.14. The highest BCUT2D eigenvalue weighted by molar-refractivity contribution is 7.91. The van der Waals surface area contributed by atoms with Crippen LogP contribution in [0.3, 0.4) is 0 Å². The molecular weight excluding hydrogens is 158 g/mol. The van der Waals surface area contributed by atoms with Crippen molar-refractivity contribution in [2.24, 2.45) is 0 Å². The molecule has 8 heavy (non-hydrogen) atoms. The summed E-state index contributed by atoms with van der Waals surface area (Å²) in [6.45, 7) is 0. The van der Waals surface area contributed by atoms with Crippen LogP contribution in [0.25, 0.3) is 0 Å². The minimum atomic E-state index is -2.80. The number of nitrogens with zero attached hydrogens (tertiary/aromatic N) is 1. The molecule has 0 aliphatic heterocycles. The third-order valence-corrected chi connectivity index (χ3v) is 1.57. The van der Waals surface area contributed by atoms with Crippen LogP contribution in [0, 0.1) is 0 Å². The third-order valence-electron chi connectivity index (χ3n) is 0.267. The van der Waals surface area contributed by atoms with Gasteiger partial charge in [0.05, 0.1) is 0 Å². The van der Waals surface area contributed by atoms with E-state index in [2.05, 4.69) is 0 Å². The van der Waals surface area contributed by atoms with Crippen LogP contribution in [0.2, 0.25) is 0 Å². The lowest BCUT2D eigenvalue weighted by molar-refractivity contribution is 0.0904. The average molecular weight is 161 g/mol. The molecular formula is H3NO5S2. The van der Waals surface area contributed by atoms with Crippen LogP contribution in [0.1, 0.15) is 0 Å². The Morgan fingerprint density at radius 2 is 1.38 bits per heavy atom. The monoisotopic (exact) mass is 161 g/mol. The number of hydrogen-bond acceptors (Lipinski definition) is 3. The Hall–Kier alpha value is 0.140. The smallest absolute Gasteiger partial charge is 0.274 e. The van der Waals surface area contributed by atoms with E-state index in [4.69, 9.17) is 14.3 Å². The molecule has 8 heteroatoms. The normalized spacial score (nSPS) is 18.5. The van der Waals surface area contributed by atoms with E-state index in [-0.39, 0.29) is 0 Å². The van der Waals surface area contributed by atoms with Crippen molar-refractivity contribution in [2.45, 2.75) is 0 Å². The van der Waals surface area contributed by atoms with Crippen molar-refractivity contribution in [3.05, 3.63) is 0 Å². The predicted molar refractivity (Wildman–Crippen MR) is 25.2 cm³/mol. The molecule has 0 aromatic carbocycles. The quantitative estimate of drug-likeness (QED) is 0.354. The largest absolute Gasteiger partial charge is 0.291 e. The van der Waals surface area contributed by atoms with E-state index in [1.807, 2.05) is 0 Å². The van der Waals surface area contributed by atoms with Gasteiger partial charge in [0, 0.05) is 3.87 Å². The second-order valence-electron chi connectivity index (χ2n) is 0.699. The van der Waals surface area contributed by atoms with Gasteiger partial charge in [0.1, 0.15) is 0 Å². The van der Waals surface area contributed by atoms with Gasteiger partial charge in [-0.2, -0.15) is 0 Å². The lowest BCUT2D eigenvalue weighted by Crippen LogP contribution is -2.22. The third kappa shape index (κ3) is 2.45. The Labute approximate surface area is 49.9 Å². The maximum absolute atomic E-state index is 9.57. The van der Waals surface area contributed by atoms with Crippen molar-refractivity contribution in [3.8, 4) is 0 Å². The minimum Gasteiger partial charge on any atom is -0.291 e. The van der Waals surface area contributed by atoms with Crippen LogP contribution in [0.5, 0.6) is 0 Å². The van der Waals surface area contributed by atoms with Crippen molar-refractivity contribution < 1.29 is 22.7 Å². The molecule has 2 atom stereocenters. The van der Waals surface area contributed by atoms with Gasteiger partial charge in [0.15, 0.2) is 0 Å². The van der Waals surface area contributed by atoms with Crippen molar-refractivity contribution in [3.63, 3.8) is 0 Å². The molecule has 0 spiro atoms. The summed E-state index contributed by atoms with van der Waals surface area (Å²) < 4.78 is 34.1. The van der Waals surface area contributed by atoms with Crippen LogP contribution >= 0.6 is 0 Å². The first-order valence-corrected chi connectivity index (χ1v) is 3.39. The van der Waals surface area contributed by atoms with Gasteiger partial charge in [0.2, 0.25) is 0 Å². The maximum atomic E-state index is 9.57. The fourth-order valence-electron chi connectivity index (χ4n) is 0.0545. The molecule has 0 heterocycles. The standard InChI is InChI=1S/H3NO5S2/c2-1(7(3)4)8(5)6/h2H,(H,3,4)(H,5,6). The Bertz CT molecular complexity index is 106. The molecule has 0 aromatic rings. The lowest BCUT2D eigenvalue weighted by Gasteiger charge is -1.99. The van der Waals surface area contributed by atoms with E-state index >= 15 is 0 Å². The SMILES string of the molecule is O=S(O)N(O)S(=O)O. The zero-order valence-electron chi connectivity index (χ0n) is 3.42. The zero-order chi connectivity index (χ0) is 6.73. The second-order valence-corrected chi connectivity index (χ2v) is 2.55. The van der Waals surface area contributed by atoms with Crippen molar-refractivity contribution in [2.75, 3.05) is 0 Å². The lowest BCUT2D eigenvalue weighted by atomic mass is 13.5. The molecule has 3 N–H and O–H groups in total. The first-order chi connectivity index (χ1) is 3.55. The van der Waals surface area contributed by atoms with Gasteiger partial charge >= 0.3 is 0 Å². The average Bonchev–Trinajstić information content (AvgIpc) is 1.64. The van der Waals surface area contributed by atoms with E-state index in [1.54, 1.807) is 0 Å². The van der Waals surface area contributed by atoms with Crippen LogP contribution in [-0.4, -0.2) is 26.6 Å². The highest BCUT2D eigenvalue weighted by Gasteiger charge is 2.11. The van der Waals surface area contributed by atoms with Gasteiger partial charge in [-0.3, -0.25) is 14.3 Å². The summed E-state index contributed by atoms with van der Waals surface area (Å²) in [5, 5.41) is 7.94. The molecule has 0 aromatic heterocycles. The minimum absolute atomic E-state index is 0.611. The van der Waals surface area contributed by atoms with Crippen LogP contribution in [-0.2, 0) is 22.5 Å². The fraction of sp³-hybridized carbons (Fsp3) is 0. The molecule has 0 aliphatic rings. The number of rotatable bonds is 2. The first-order valence-electron chi connectivity index (χ1n) is 1.26. The molecule has 0 saturated heterocycles. The van der Waals surface area contributed by atoms with Gasteiger partial charge in [-0.25, -0.2) is 8.42 Å². The topological polar surface area (TPSA) is 98.1 Å². The van der Waals surface area contributed by atoms with E-state index in [9.17, 15) is 8.42 Å². The van der Waals surface area contributed by atoms with Crippen LogP contribution < -0.4 is 0 Å². The molecule has 0 radical (unpaired) electrons. The van der Waals surface area contributed by atoms with E-state index < -0.39 is 26.4 Å². The van der Waals surface area contributed by atoms with Crippen molar-refractivity contribution in [1.82, 2.24) is 3.87 Å². The Morgan fingerprint density at radius 1 is 1.12 bits per heavy atom. The fourth-order valence-corrected chi connectivity index (χ4v) is 0.491. The van der Waals surface area contributed by atoms with Crippen molar-refractivity contribution >= 4 is 22.5 Å². The summed E-state index contributed by atoms with van der Waals surface area (Å²) in [7, 11) is 0. The molecule has 2 unspecified atom stereocenters. The molecule has 0 rings (SSSR count). The molecule has 0 aliphatic carbocycles. The molecule has 0 amide bonds. The Kier molecular flexibility index (Phi) is 3.28. The number of hydrogen-bond donors (Lipinski definition) is 3. The summed E-state index contributed by atoms with van der Waals surface area (Å²) in [5.41, 5.74) is 0. The summed E-state index contributed by atoms with van der Waals surface area (Å²) >= 11 is -5.60. The highest BCUT2D eigenvalue weighted by atomic mass is 32.3. The van der Waals surface area contributed by atoms with Gasteiger partial charge in [-0.05, 0) is 0 Å². The molecule has 50 valence electrons. The van der Waals surface area contributed by atoms with Gasteiger partial charge in [0.25, 0.3) is 22.5 Å². The zero-order valence-corrected chi connectivity index (χ0v) is 5.05. The van der Waals surface area contributed by atoms with Crippen molar-refractivity contribution in [1.29, 1.82) is 0 Å². The molecule has 0 bridgehead atoms. The molecule has 0 fully saturated rings. The summed E-state index contributed by atoms with van der Waals surface area (Å²) in [6, 6.07) is 0. The maximum Gasteiger partial charge on any atom is 0.274 e. The predicted octanol–water partition coefficient (Wildman–Crippen LogP) is -1.05. The van der Waals surface area contributed by atoms with Crippen LogP contribution in [0.15, 0.2) is 0 Å². The molecule has 0 saturated carbocycles. The summed E-state index contributed by atoms with van der Waals surface area (Å²) in [5.74, 6) is 0.